The van der Waals surface area contributed by atoms with Gasteiger partial charge in [-0.05, 0) is 19.8 Å². The molecular formula is C10H18ClNO2. The Morgan fingerprint density at radius 3 is 2.79 bits per heavy atom. The molecule has 3 unspecified atom stereocenters. The number of amides is 1. The van der Waals surface area contributed by atoms with Crippen LogP contribution in [0.4, 0.5) is 0 Å². The Kier molecular flexibility index (Phi) is 4.69. The van der Waals surface area contributed by atoms with E-state index in [1.165, 1.54) is 0 Å². The van der Waals surface area contributed by atoms with Crippen molar-refractivity contribution in [1.82, 2.24) is 0 Å². The minimum absolute atomic E-state index is 0.0999. The number of ether oxygens (including phenoxy) is 1. The van der Waals surface area contributed by atoms with Crippen molar-refractivity contribution in [2.75, 3.05) is 6.61 Å². The van der Waals surface area contributed by atoms with Crippen LogP contribution in [0.2, 0.25) is 0 Å². The lowest BCUT2D eigenvalue weighted by Crippen LogP contribution is -2.40. The third kappa shape index (κ3) is 2.85. The molecule has 1 saturated carbocycles. The number of carbonyl (C=O) groups is 1. The Bertz CT molecular complexity index is 197. The topological polar surface area (TPSA) is 52.3 Å². The van der Waals surface area contributed by atoms with Gasteiger partial charge in [0.1, 0.15) is 5.38 Å². The van der Waals surface area contributed by atoms with Crippen molar-refractivity contribution in [1.29, 1.82) is 0 Å². The van der Waals surface area contributed by atoms with Crippen molar-refractivity contribution in [2.24, 2.45) is 11.7 Å². The molecule has 0 aromatic heterocycles. The molecule has 4 heteroatoms. The first kappa shape index (κ1) is 11.8. The zero-order valence-corrected chi connectivity index (χ0v) is 9.30. The van der Waals surface area contributed by atoms with Gasteiger partial charge in [0.05, 0.1) is 6.10 Å². The summed E-state index contributed by atoms with van der Waals surface area (Å²) in [6, 6.07) is 0. The Morgan fingerprint density at radius 1 is 1.57 bits per heavy atom. The molecule has 1 amide bonds. The first-order chi connectivity index (χ1) is 6.66. The molecule has 82 valence electrons. The summed E-state index contributed by atoms with van der Waals surface area (Å²) in [6.45, 7) is 2.63. The van der Waals surface area contributed by atoms with E-state index in [0.717, 1.165) is 25.7 Å². The summed E-state index contributed by atoms with van der Waals surface area (Å²) in [7, 11) is 0. The Morgan fingerprint density at radius 2 is 2.21 bits per heavy atom. The highest BCUT2D eigenvalue weighted by Gasteiger charge is 2.33. The van der Waals surface area contributed by atoms with Crippen LogP contribution in [0.25, 0.3) is 0 Å². The van der Waals surface area contributed by atoms with Crippen molar-refractivity contribution in [3.05, 3.63) is 0 Å². The molecule has 0 spiro atoms. The lowest BCUT2D eigenvalue weighted by Gasteiger charge is -2.32. The van der Waals surface area contributed by atoms with Crippen LogP contribution in [0, 0.1) is 5.92 Å². The maximum Gasteiger partial charge on any atom is 0.235 e. The van der Waals surface area contributed by atoms with Crippen molar-refractivity contribution in [3.8, 4) is 0 Å². The molecule has 1 fully saturated rings. The van der Waals surface area contributed by atoms with Gasteiger partial charge in [0.15, 0.2) is 0 Å². The number of halogens is 1. The number of carbonyl (C=O) groups excluding carboxylic acids is 1. The molecule has 1 rings (SSSR count). The summed E-state index contributed by atoms with van der Waals surface area (Å²) in [6.07, 6.45) is 4.33. The molecule has 2 N–H and O–H groups in total. The second-order valence-corrected chi connectivity index (χ2v) is 4.22. The van der Waals surface area contributed by atoms with Crippen LogP contribution in [0.15, 0.2) is 0 Å². The van der Waals surface area contributed by atoms with Crippen LogP contribution in [-0.2, 0) is 9.53 Å². The second-order valence-electron chi connectivity index (χ2n) is 3.75. The van der Waals surface area contributed by atoms with Gasteiger partial charge in [-0.1, -0.05) is 12.8 Å². The normalized spacial score (nSPS) is 29.9. The summed E-state index contributed by atoms with van der Waals surface area (Å²) < 4.78 is 5.57. The van der Waals surface area contributed by atoms with E-state index in [1.807, 2.05) is 6.92 Å². The summed E-state index contributed by atoms with van der Waals surface area (Å²) in [4.78, 5) is 11.0. The Labute approximate surface area is 89.9 Å². The quantitative estimate of drug-likeness (QED) is 0.732. The predicted molar refractivity (Wildman–Crippen MR) is 56.2 cm³/mol. The fourth-order valence-electron chi connectivity index (χ4n) is 2.09. The molecule has 1 aliphatic carbocycles. The van der Waals surface area contributed by atoms with Crippen LogP contribution >= 0.6 is 11.6 Å². The summed E-state index contributed by atoms with van der Waals surface area (Å²) in [5, 5.41) is -0.577. The molecule has 0 saturated heterocycles. The van der Waals surface area contributed by atoms with E-state index in [9.17, 15) is 4.79 Å². The first-order valence-electron chi connectivity index (χ1n) is 5.21. The average Bonchev–Trinajstić information content (AvgIpc) is 2.18. The first-order valence-corrected chi connectivity index (χ1v) is 5.65. The minimum atomic E-state index is -0.577. The maximum absolute atomic E-state index is 11.0. The fourth-order valence-corrected chi connectivity index (χ4v) is 2.38. The van der Waals surface area contributed by atoms with Gasteiger partial charge in [-0.25, -0.2) is 0 Å². The van der Waals surface area contributed by atoms with E-state index in [2.05, 4.69) is 0 Å². The SMILES string of the molecule is CCOC1CCCCC1C(Cl)C(N)=O. The molecule has 0 bridgehead atoms. The lowest BCUT2D eigenvalue weighted by molar-refractivity contribution is -0.120. The van der Waals surface area contributed by atoms with Gasteiger partial charge in [-0.15, -0.1) is 11.6 Å². The minimum Gasteiger partial charge on any atom is -0.378 e. The summed E-state index contributed by atoms with van der Waals surface area (Å²) >= 11 is 5.97. The van der Waals surface area contributed by atoms with E-state index in [-0.39, 0.29) is 12.0 Å². The third-order valence-corrected chi connectivity index (χ3v) is 3.32. The van der Waals surface area contributed by atoms with Crippen LogP contribution in [0.5, 0.6) is 0 Å². The molecule has 3 nitrogen and oxygen atoms in total. The van der Waals surface area contributed by atoms with Gasteiger partial charge < -0.3 is 10.5 Å². The van der Waals surface area contributed by atoms with Crippen LogP contribution in [0.1, 0.15) is 32.6 Å². The lowest BCUT2D eigenvalue weighted by atomic mass is 9.83. The average molecular weight is 220 g/mol. The van der Waals surface area contributed by atoms with E-state index >= 15 is 0 Å². The molecular weight excluding hydrogens is 202 g/mol. The van der Waals surface area contributed by atoms with Gasteiger partial charge in [-0.3, -0.25) is 4.79 Å². The van der Waals surface area contributed by atoms with Crippen molar-refractivity contribution >= 4 is 17.5 Å². The van der Waals surface area contributed by atoms with Crippen LogP contribution in [0.3, 0.4) is 0 Å². The highest BCUT2D eigenvalue weighted by Crippen LogP contribution is 2.31. The Hall–Kier alpha value is -0.280. The van der Waals surface area contributed by atoms with Crippen molar-refractivity contribution < 1.29 is 9.53 Å². The fraction of sp³-hybridized carbons (Fsp3) is 0.900. The number of rotatable bonds is 4. The van der Waals surface area contributed by atoms with Crippen molar-refractivity contribution in [3.63, 3.8) is 0 Å². The molecule has 0 aromatic rings. The van der Waals surface area contributed by atoms with Crippen molar-refractivity contribution in [2.45, 2.75) is 44.1 Å². The van der Waals surface area contributed by atoms with Gasteiger partial charge in [-0.2, -0.15) is 0 Å². The van der Waals surface area contributed by atoms with Crippen LogP contribution in [-0.4, -0.2) is 24.0 Å². The number of hydrogen-bond donors (Lipinski definition) is 1. The van der Waals surface area contributed by atoms with E-state index in [1.54, 1.807) is 0 Å². The molecule has 0 aromatic carbocycles. The monoisotopic (exact) mass is 219 g/mol. The van der Waals surface area contributed by atoms with Gasteiger partial charge >= 0.3 is 0 Å². The molecule has 1 aliphatic rings. The zero-order chi connectivity index (χ0) is 10.6. The molecule has 0 aliphatic heterocycles. The van der Waals surface area contributed by atoms with E-state index in [0.29, 0.717) is 6.61 Å². The second kappa shape index (κ2) is 5.56. The van der Waals surface area contributed by atoms with Crippen LogP contribution < -0.4 is 5.73 Å². The molecule has 3 atom stereocenters. The standard InChI is InChI=1S/C10H18ClNO2/c1-2-14-8-6-4-3-5-7(8)9(11)10(12)13/h7-9H,2-6H2,1H3,(H2,12,13). The molecule has 14 heavy (non-hydrogen) atoms. The van der Waals surface area contributed by atoms with E-state index in [4.69, 9.17) is 22.1 Å². The number of alkyl halides is 1. The van der Waals surface area contributed by atoms with Gasteiger partial charge in [0, 0.05) is 12.5 Å². The van der Waals surface area contributed by atoms with Gasteiger partial charge in [0.2, 0.25) is 5.91 Å². The maximum atomic E-state index is 11.0. The number of nitrogens with two attached hydrogens (primary N) is 1. The highest BCUT2D eigenvalue weighted by atomic mass is 35.5. The molecule has 0 heterocycles. The predicted octanol–water partition coefficient (Wildman–Crippen LogP) is 1.67. The number of hydrogen-bond acceptors (Lipinski definition) is 2. The summed E-state index contributed by atoms with van der Waals surface area (Å²) in [5.74, 6) is -0.328. The highest BCUT2D eigenvalue weighted by molar-refractivity contribution is 6.30. The van der Waals surface area contributed by atoms with Gasteiger partial charge in [0.25, 0.3) is 0 Å². The summed E-state index contributed by atoms with van der Waals surface area (Å²) in [5.41, 5.74) is 5.20. The smallest absolute Gasteiger partial charge is 0.235 e. The van der Waals surface area contributed by atoms with E-state index < -0.39 is 11.3 Å². The third-order valence-electron chi connectivity index (χ3n) is 2.78. The molecule has 0 radical (unpaired) electrons. The largest absolute Gasteiger partial charge is 0.378 e. The number of primary amides is 1. The zero-order valence-electron chi connectivity index (χ0n) is 8.54. The Balaban J connectivity index is 2.57.